The summed E-state index contributed by atoms with van der Waals surface area (Å²) in [5.41, 5.74) is 0.762. The van der Waals surface area contributed by atoms with Gasteiger partial charge >= 0.3 is 0 Å². The molecule has 170 valence electrons. The third-order valence-corrected chi connectivity index (χ3v) is 5.42. The zero-order chi connectivity index (χ0) is 22.3. The van der Waals surface area contributed by atoms with Crippen LogP contribution in [0.15, 0.2) is 28.8 Å². The number of aromatic nitrogens is 2. The Balaban J connectivity index is 1.57. The maximum absolute atomic E-state index is 12.9. The van der Waals surface area contributed by atoms with E-state index in [-0.39, 0.29) is 11.3 Å². The van der Waals surface area contributed by atoms with Crippen molar-refractivity contribution in [3.63, 3.8) is 0 Å². The Kier molecular flexibility index (Phi) is 8.46. The lowest BCUT2D eigenvalue weighted by atomic mass is 9.91. The number of morpholine rings is 1. The van der Waals surface area contributed by atoms with E-state index in [1.165, 1.54) is 0 Å². The average Bonchev–Trinajstić information content (AvgIpc) is 3.19. The van der Waals surface area contributed by atoms with Gasteiger partial charge in [-0.05, 0) is 24.0 Å². The lowest BCUT2D eigenvalue weighted by Gasteiger charge is -2.29. The third kappa shape index (κ3) is 7.91. The monoisotopic (exact) mass is 448 g/mol. The van der Waals surface area contributed by atoms with Crippen molar-refractivity contribution >= 4 is 17.5 Å². The van der Waals surface area contributed by atoms with E-state index in [2.05, 4.69) is 35.8 Å². The molecule has 1 aromatic carbocycles. The largest absolute Gasteiger partial charge is 0.379 e. The molecule has 0 unspecified atom stereocenters. The quantitative estimate of drug-likeness (QED) is 0.579. The molecule has 0 saturated carbocycles. The molecule has 31 heavy (non-hydrogen) atoms. The summed E-state index contributed by atoms with van der Waals surface area (Å²) < 4.78 is 10.8. The Morgan fingerprint density at radius 3 is 2.71 bits per heavy atom. The highest BCUT2D eigenvalue weighted by molar-refractivity contribution is 6.30. The molecule has 1 saturated heterocycles. The third-order valence-electron chi connectivity index (χ3n) is 5.19. The molecule has 3 rings (SSSR count). The van der Waals surface area contributed by atoms with Crippen LogP contribution in [0.5, 0.6) is 0 Å². The Hall–Kier alpha value is -1.96. The van der Waals surface area contributed by atoms with Gasteiger partial charge in [-0.2, -0.15) is 4.98 Å². The molecule has 2 aromatic rings. The van der Waals surface area contributed by atoms with E-state index in [4.69, 9.17) is 20.9 Å². The second-order valence-electron chi connectivity index (χ2n) is 9.20. The predicted octanol–water partition coefficient (Wildman–Crippen LogP) is 3.92. The number of halogens is 1. The second-order valence-corrected chi connectivity index (χ2v) is 9.63. The number of amides is 1. The topological polar surface area (TPSA) is 71.7 Å². The van der Waals surface area contributed by atoms with Crippen LogP contribution in [0.3, 0.4) is 0 Å². The highest BCUT2D eigenvalue weighted by Gasteiger charge is 2.22. The minimum absolute atomic E-state index is 0.0518. The van der Waals surface area contributed by atoms with Gasteiger partial charge in [-0.1, -0.05) is 49.7 Å². The number of ether oxygens (including phenoxy) is 1. The molecule has 0 atom stereocenters. The second kappa shape index (κ2) is 11.1. The molecule has 1 amide bonds. The summed E-state index contributed by atoms with van der Waals surface area (Å²) >= 11 is 6.06. The van der Waals surface area contributed by atoms with Crippen LogP contribution in [0.4, 0.5) is 0 Å². The van der Waals surface area contributed by atoms with Crippen molar-refractivity contribution in [2.45, 2.75) is 40.0 Å². The number of rotatable bonds is 9. The Morgan fingerprint density at radius 1 is 1.23 bits per heavy atom. The minimum atomic E-state index is -0.0518. The first-order valence-electron chi connectivity index (χ1n) is 11.0. The Labute approximate surface area is 189 Å². The van der Waals surface area contributed by atoms with Crippen molar-refractivity contribution in [2.24, 2.45) is 5.41 Å². The lowest BCUT2D eigenvalue weighted by Crippen LogP contribution is -2.40. The van der Waals surface area contributed by atoms with E-state index in [0.29, 0.717) is 36.1 Å². The number of carbonyl (C=O) groups is 1. The van der Waals surface area contributed by atoms with Crippen LogP contribution < -0.4 is 0 Å². The van der Waals surface area contributed by atoms with Gasteiger partial charge in [0.05, 0.1) is 13.2 Å². The van der Waals surface area contributed by atoms with Crippen LogP contribution >= 0.6 is 11.6 Å². The first kappa shape index (κ1) is 23.7. The first-order valence-corrected chi connectivity index (χ1v) is 11.3. The maximum atomic E-state index is 12.9. The van der Waals surface area contributed by atoms with E-state index in [1.54, 1.807) is 6.07 Å². The van der Waals surface area contributed by atoms with Crippen LogP contribution in [0.2, 0.25) is 5.02 Å². The van der Waals surface area contributed by atoms with Gasteiger partial charge in [0, 0.05) is 56.2 Å². The van der Waals surface area contributed by atoms with Gasteiger partial charge in [-0.15, -0.1) is 0 Å². The predicted molar refractivity (Wildman–Crippen MR) is 121 cm³/mol. The smallest absolute Gasteiger partial charge is 0.228 e. The molecule has 1 aromatic heterocycles. The van der Waals surface area contributed by atoms with Crippen LogP contribution in [0.25, 0.3) is 11.4 Å². The highest BCUT2D eigenvalue weighted by Crippen LogP contribution is 2.22. The van der Waals surface area contributed by atoms with E-state index in [0.717, 1.165) is 51.4 Å². The first-order chi connectivity index (χ1) is 14.8. The summed E-state index contributed by atoms with van der Waals surface area (Å²) in [4.78, 5) is 21.8. The fourth-order valence-corrected chi connectivity index (χ4v) is 3.76. The van der Waals surface area contributed by atoms with Gasteiger partial charge < -0.3 is 14.2 Å². The highest BCUT2D eigenvalue weighted by atomic mass is 35.5. The molecule has 0 N–H and O–H groups in total. The summed E-state index contributed by atoms with van der Waals surface area (Å²) in [6.07, 6.45) is 1.98. The fraction of sp³-hybridized carbons (Fsp3) is 0.609. The number of benzene rings is 1. The number of hydrogen-bond donors (Lipinski definition) is 0. The summed E-state index contributed by atoms with van der Waals surface area (Å²) in [6, 6.07) is 7.36. The van der Waals surface area contributed by atoms with Crippen LogP contribution in [0, 0.1) is 5.41 Å². The SMILES string of the molecule is CC(C)(C)CC(=O)N(CCCN1CCOCC1)CCc1nc(-c2cccc(Cl)c2)no1. The van der Waals surface area contributed by atoms with E-state index < -0.39 is 0 Å². The molecule has 8 heteroatoms. The van der Waals surface area contributed by atoms with Crippen molar-refractivity contribution in [1.82, 2.24) is 19.9 Å². The molecule has 0 aliphatic carbocycles. The van der Waals surface area contributed by atoms with Crippen molar-refractivity contribution in [3.05, 3.63) is 35.2 Å². The summed E-state index contributed by atoms with van der Waals surface area (Å²) in [5.74, 6) is 1.21. The van der Waals surface area contributed by atoms with Gasteiger partial charge in [0.25, 0.3) is 0 Å². The Morgan fingerprint density at radius 2 is 2.00 bits per heavy atom. The van der Waals surface area contributed by atoms with Crippen molar-refractivity contribution in [2.75, 3.05) is 45.9 Å². The van der Waals surface area contributed by atoms with E-state index >= 15 is 0 Å². The summed E-state index contributed by atoms with van der Waals surface area (Å²) in [6.45, 7) is 12.0. The summed E-state index contributed by atoms with van der Waals surface area (Å²) in [5, 5.41) is 4.69. The maximum Gasteiger partial charge on any atom is 0.228 e. The van der Waals surface area contributed by atoms with Crippen molar-refractivity contribution in [1.29, 1.82) is 0 Å². The molecule has 1 aliphatic rings. The van der Waals surface area contributed by atoms with Gasteiger partial charge in [-0.25, -0.2) is 0 Å². The molecule has 0 radical (unpaired) electrons. The van der Waals surface area contributed by atoms with Crippen LogP contribution in [0.1, 0.15) is 39.5 Å². The van der Waals surface area contributed by atoms with E-state index in [9.17, 15) is 4.79 Å². The lowest BCUT2D eigenvalue weighted by molar-refractivity contribution is -0.133. The van der Waals surface area contributed by atoms with E-state index in [1.807, 2.05) is 23.1 Å². The number of hydrogen-bond acceptors (Lipinski definition) is 6. The molecule has 1 fully saturated rings. The summed E-state index contributed by atoms with van der Waals surface area (Å²) in [7, 11) is 0. The van der Waals surface area contributed by atoms with Gasteiger partial charge in [0.1, 0.15) is 0 Å². The van der Waals surface area contributed by atoms with Crippen LogP contribution in [-0.2, 0) is 16.0 Å². The zero-order valence-corrected chi connectivity index (χ0v) is 19.5. The number of carbonyl (C=O) groups excluding carboxylic acids is 1. The fourth-order valence-electron chi connectivity index (χ4n) is 3.57. The zero-order valence-electron chi connectivity index (χ0n) is 18.8. The molecule has 7 nitrogen and oxygen atoms in total. The molecule has 1 aliphatic heterocycles. The van der Waals surface area contributed by atoms with Crippen LogP contribution in [-0.4, -0.2) is 71.8 Å². The standard InChI is InChI=1S/C23H33ClN4O3/c1-23(2,3)17-21(29)28(10-5-9-27-12-14-30-15-13-27)11-8-20-25-22(26-31-20)18-6-4-7-19(24)16-18/h4,6-7,16H,5,8-15,17H2,1-3H3. The number of nitrogens with zero attached hydrogens (tertiary/aromatic N) is 4. The minimum Gasteiger partial charge on any atom is -0.379 e. The Bertz CT molecular complexity index is 843. The molecule has 2 heterocycles. The van der Waals surface area contributed by atoms with Crippen molar-refractivity contribution < 1.29 is 14.1 Å². The van der Waals surface area contributed by atoms with Crippen molar-refractivity contribution in [3.8, 4) is 11.4 Å². The molecule has 0 spiro atoms. The molecule has 0 bridgehead atoms. The average molecular weight is 449 g/mol. The normalized spacial score (nSPS) is 15.2. The van der Waals surface area contributed by atoms with Gasteiger partial charge in [0.2, 0.25) is 17.6 Å². The molecular formula is C23H33ClN4O3. The van der Waals surface area contributed by atoms with Gasteiger partial charge in [-0.3, -0.25) is 9.69 Å². The molecular weight excluding hydrogens is 416 g/mol. The van der Waals surface area contributed by atoms with Gasteiger partial charge in [0.15, 0.2) is 0 Å².